The lowest BCUT2D eigenvalue weighted by Gasteiger charge is -2.28. The maximum absolute atomic E-state index is 14.2. The Morgan fingerprint density at radius 2 is 2.00 bits per heavy atom. The number of nitrogens with zero attached hydrogens (tertiary/aromatic N) is 2. The maximum atomic E-state index is 14.2. The van der Waals surface area contributed by atoms with Gasteiger partial charge >= 0.3 is 12.6 Å². The molecule has 0 aliphatic carbocycles. The second-order valence-electron chi connectivity index (χ2n) is 7.82. The third-order valence-corrected chi connectivity index (χ3v) is 4.82. The number of carboxylic acids is 1. The average molecular weight is 441 g/mol. The minimum atomic E-state index is -3.40. The van der Waals surface area contributed by atoms with E-state index in [2.05, 4.69) is 15.0 Å². The number of benzene rings is 1. The van der Waals surface area contributed by atoms with Gasteiger partial charge in [0.1, 0.15) is 11.7 Å². The summed E-state index contributed by atoms with van der Waals surface area (Å²) < 4.78 is 57.8. The summed E-state index contributed by atoms with van der Waals surface area (Å²) in [4.78, 5) is 29.1. The molecule has 2 aromatic rings. The van der Waals surface area contributed by atoms with Gasteiger partial charge in [-0.25, -0.2) is 14.2 Å². The summed E-state index contributed by atoms with van der Waals surface area (Å²) >= 11 is 0. The van der Waals surface area contributed by atoms with E-state index >= 15 is 0 Å². The Labute approximate surface area is 174 Å². The van der Waals surface area contributed by atoms with E-state index in [0.717, 1.165) is 18.2 Å². The topological polar surface area (TPSA) is 91.8 Å². The fourth-order valence-electron chi connectivity index (χ4n) is 3.56. The minimum absolute atomic E-state index is 0.163. The van der Waals surface area contributed by atoms with Crippen molar-refractivity contribution in [2.24, 2.45) is 5.41 Å². The van der Waals surface area contributed by atoms with Crippen molar-refractivity contribution >= 4 is 23.3 Å². The van der Waals surface area contributed by atoms with E-state index in [4.69, 9.17) is 5.11 Å². The number of amides is 1. The predicted octanol–water partition coefficient (Wildman–Crippen LogP) is 3.90. The molecule has 1 fully saturated rings. The number of pyridine rings is 1. The van der Waals surface area contributed by atoms with Gasteiger partial charge in [0.2, 0.25) is 11.7 Å². The highest BCUT2D eigenvalue weighted by molar-refractivity contribution is 5.98. The Balaban J connectivity index is 1.95. The van der Waals surface area contributed by atoms with Gasteiger partial charge < -0.3 is 20.1 Å². The maximum Gasteiger partial charge on any atom is 0.387 e. The van der Waals surface area contributed by atoms with Crippen LogP contribution in [-0.2, 0) is 4.79 Å². The molecule has 1 aromatic heterocycles. The van der Waals surface area contributed by atoms with Crippen molar-refractivity contribution in [2.75, 3.05) is 16.8 Å². The first-order valence-corrected chi connectivity index (χ1v) is 9.18. The molecular formula is C20H19F4N3O4. The van der Waals surface area contributed by atoms with E-state index in [1.807, 2.05) is 13.8 Å². The molecule has 1 atom stereocenters. The van der Waals surface area contributed by atoms with Gasteiger partial charge in [0.25, 0.3) is 0 Å². The summed E-state index contributed by atoms with van der Waals surface area (Å²) in [5, 5.41) is 11.6. The molecule has 1 aromatic carbocycles. The average Bonchev–Trinajstić information content (AvgIpc) is 3.01. The fourth-order valence-corrected chi connectivity index (χ4v) is 3.56. The van der Waals surface area contributed by atoms with E-state index in [9.17, 15) is 27.2 Å². The largest absolute Gasteiger partial charge is 0.477 e. The Morgan fingerprint density at radius 1 is 1.29 bits per heavy atom. The predicted molar refractivity (Wildman–Crippen MR) is 102 cm³/mol. The van der Waals surface area contributed by atoms with E-state index in [0.29, 0.717) is 0 Å². The van der Waals surface area contributed by atoms with Gasteiger partial charge in [-0.15, -0.1) is 0 Å². The molecule has 31 heavy (non-hydrogen) atoms. The van der Waals surface area contributed by atoms with Crippen LogP contribution in [0.1, 0.15) is 30.8 Å². The molecule has 1 aliphatic heterocycles. The first-order chi connectivity index (χ1) is 14.5. The second kappa shape index (κ2) is 8.40. The molecule has 166 valence electrons. The van der Waals surface area contributed by atoms with Crippen LogP contribution < -0.4 is 15.0 Å². The number of rotatable bonds is 6. The Morgan fingerprint density at radius 3 is 2.65 bits per heavy atom. The van der Waals surface area contributed by atoms with Crippen molar-refractivity contribution in [3.8, 4) is 5.75 Å². The molecule has 0 saturated carbocycles. The normalized spacial score (nSPS) is 17.6. The summed E-state index contributed by atoms with van der Waals surface area (Å²) in [7, 11) is 0. The highest BCUT2D eigenvalue weighted by Crippen LogP contribution is 2.43. The van der Waals surface area contributed by atoms with Gasteiger partial charge in [-0.05, 0) is 36.1 Å². The van der Waals surface area contributed by atoms with E-state index in [1.165, 1.54) is 17.2 Å². The van der Waals surface area contributed by atoms with Crippen LogP contribution in [0.3, 0.4) is 0 Å². The summed E-state index contributed by atoms with van der Waals surface area (Å²) in [5.74, 6) is -5.79. The quantitative estimate of drug-likeness (QED) is 0.661. The van der Waals surface area contributed by atoms with E-state index < -0.39 is 47.3 Å². The van der Waals surface area contributed by atoms with Crippen molar-refractivity contribution < 1.29 is 37.0 Å². The third kappa shape index (κ3) is 4.86. The highest BCUT2D eigenvalue weighted by Gasteiger charge is 2.43. The van der Waals surface area contributed by atoms with Crippen molar-refractivity contribution in [1.82, 2.24) is 4.98 Å². The molecule has 0 bridgehead atoms. The number of hydrogen-bond donors (Lipinski definition) is 2. The zero-order valence-electron chi connectivity index (χ0n) is 16.5. The van der Waals surface area contributed by atoms with Gasteiger partial charge in [-0.2, -0.15) is 13.2 Å². The monoisotopic (exact) mass is 441 g/mol. The van der Waals surface area contributed by atoms with Crippen LogP contribution in [0.4, 0.5) is 28.9 Å². The molecular weight excluding hydrogens is 422 g/mol. The van der Waals surface area contributed by atoms with Gasteiger partial charge in [-0.3, -0.25) is 4.79 Å². The first kappa shape index (κ1) is 22.3. The van der Waals surface area contributed by atoms with Crippen LogP contribution in [-0.4, -0.2) is 41.2 Å². The molecule has 7 nitrogen and oxygen atoms in total. The number of carboxylic acid groups (broad SMARTS) is 1. The number of aromatic nitrogens is 1. The Kier molecular flexibility index (Phi) is 6.05. The van der Waals surface area contributed by atoms with Crippen molar-refractivity contribution in [2.45, 2.75) is 32.9 Å². The molecule has 1 unspecified atom stereocenters. The number of anilines is 2. The Bertz CT molecular complexity index is 1020. The first-order valence-electron chi connectivity index (χ1n) is 9.18. The van der Waals surface area contributed by atoms with Gasteiger partial charge in [0.05, 0.1) is 5.69 Å². The van der Waals surface area contributed by atoms with Crippen LogP contribution in [0.15, 0.2) is 30.5 Å². The van der Waals surface area contributed by atoms with Crippen LogP contribution >= 0.6 is 0 Å². The molecule has 1 aliphatic rings. The summed E-state index contributed by atoms with van der Waals surface area (Å²) in [6.07, 6.45) is 1.47. The number of carbonyl (C=O) groups is 2. The fraction of sp³-hybridized carbons (Fsp3) is 0.350. The van der Waals surface area contributed by atoms with Crippen molar-refractivity contribution in [1.29, 1.82) is 0 Å². The van der Waals surface area contributed by atoms with Crippen molar-refractivity contribution in [3.63, 3.8) is 0 Å². The number of hydrogen-bond acceptors (Lipinski definition) is 5. The lowest BCUT2D eigenvalue weighted by atomic mass is 9.90. The number of ether oxygens (including phenoxy) is 1. The molecule has 3 rings (SSSR count). The lowest BCUT2D eigenvalue weighted by molar-refractivity contribution is -0.117. The van der Waals surface area contributed by atoms with Crippen LogP contribution in [0, 0.1) is 17.0 Å². The molecule has 2 heterocycles. The Hall–Kier alpha value is -3.37. The van der Waals surface area contributed by atoms with E-state index in [1.54, 1.807) is 0 Å². The van der Waals surface area contributed by atoms with Gasteiger partial charge in [0.15, 0.2) is 11.6 Å². The highest BCUT2D eigenvalue weighted by atomic mass is 19.3. The van der Waals surface area contributed by atoms with Crippen molar-refractivity contribution in [3.05, 3.63) is 47.8 Å². The molecule has 1 saturated heterocycles. The van der Waals surface area contributed by atoms with E-state index in [-0.39, 0.29) is 30.0 Å². The molecule has 0 radical (unpaired) electrons. The summed E-state index contributed by atoms with van der Waals surface area (Å²) in [6.45, 7) is 0.432. The molecule has 11 heteroatoms. The van der Waals surface area contributed by atoms with Gasteiger partial charge in [-0.1, -0.05) is 13.8 Å². The third-order valence-electron chi connectivity index (χ3n) is 4.82. The number of nitrogens with one attached hydrogen (secondary N) is 1. The number of aromatic carboxylic acids is 1. The lowest BCUT2D eigenvalue weighted by Crippen LogP contribution is -2.40. The SMILES string of the molecule is CC1(C)CC(C(=O)Nc2ccnc(C(=O)O)c2)N(c2ccc(F)c(F)c2OC(F)F)C1. The minimum Gasteiger partial charge on any atom is -0.477 e. The smallest absolute Gasteiger partial charge is 0.387 e. The second-order valence-corrected chi connectivity index (χ2v) is 7.82. The standard InChI is InChI=1S/C20H19F4N3O4/c1-20(2)8-14(17(28)26-10-5-6-25-12(7-10)18(29)30)27(9-20)13-4-3-11(21)15(22)16(13)31-19(23)24/h3-7,14,19H,8-9H2,1-2H3,(H,29,30)(H,25,26,28). The number of halogens is 4. The van der Waals surface area contributed by atoms with Crippen LogP contribution in [0.2, 0.25) is 0 Å². The molecule has 0 spiro atoms. The zero-order valence-corrected chi connectivity index (χ0v) is 16.5. The molecule has 2 N–H and O–H groups in total. The van der Waals surface area contributed by atoms with Gasteiger partial charge in [0, 0.05) is 18.4 Å². The summed E-state index contributed by atoms with van der Waals surface area (Å²) in [6, 6.07) is 3.45. The van der Waals surface area contributed by atoms with Crippen LogP contribution in [0.5, 0.6) is 5.75 Å². The summed E-state index contributed by atoms with van der Waals surface area (Å²) in [5.41, 5.74) is -0.781. The zero-order chi connectivity index (χ0) is 22.9. The van der Waals surface area contributed by atoms with Crippen LogP contribution in [0.25, 0.3) is 0 Å². The number of carbonyl (C=O) groups excluding carboxylic acids is 1. The molecule has 1 amide bonds. The number of alkyl halides is 2.